The molecule has 198 valence electrons. The van der Waals surface area contributed by atoms with Crippen LogP contribution in [-0.4, -0.2) is 42.4 Å². The second-order valence-electron chi connectivity index (χ2n) is 8.52. The number of ether oxygens (including phenoxy) is 2. The average Bonchev–Trinajstić information content (AvgIpc) is 2.95. The summed E-state index contributed by atoms with van der Waals surface area (Å²) in [6.45, 7) is -0.337. The van der Waals surface area contributed by atoms with Crippen molar-refractivity contribution >= 4 is 23.8 Å². The SMILES string of the molecule is NCC(=O)N[C@@H](CC(=O)OCc1ccccc1)C(=O)N[C@@H](Cc1ccccc1)C(=O)OCc1ccccc1. The molecule has 0 fully saturated rings. The van der Waals surface area contributed by atoms with Gasteiger partial charge in [-0.3, -0.25) is 14.4 Å². The molecule has 0 spiro atoms. The molecule has 0 saturated carbocycles. The Morgan fingerprint density at radius 3 is 1.68 bits per heavy atom. The lowest BCUT2D eigenvalue weighted by atomic mass is 10.0. The minimum absolute atomic E-state index is 0.0152. The van der Waals surface area contributed by atoms with Gasteiger partial charge in [0, 0.05) is 6.42 Å². The molecule has 3 rings (SSSR count). The molecular formula is C29H31N3O6. The van der Waals surface area contributed by atoms with Gasteiger partial charge in [0.1, 0.15) is 25.3 Å². The van der Waals surface area contributed by atoms with E-state index in [1.165, 1.54) is 0 Å². The van der Waals surface area contributed by atoms with Crippen molar-refractivity contribution in [1.29, 1.82) is 0 Å². The van der Waals surface area contributed by atoms with Gasteiger partial charge in [-0.05, 0) is 16.7 Å². The van der Waals surface area contributed by atoms with Crippen molar-refractivity contribution in [3.8, 4) is 0 Å². The lowest BCUT2D eigenvalue weighted by Crippen LogP contribution is -2.54. The van der Waals surface area contributed by atoms with Gasteiger partial charge in [0.2, 0.25) is 11.8 Å². The molecule has 0 aliphatic heterocycles. The number of amides is 2. The summed E-state index contributed by atoms with van der Waals surface area (Å²) >= 11 is 0. The second-order valence-corrected chi connectivity index (χ2v) is 8.52. The van der Waals surface area contributed by atoms with Gasteiger partial charge >= 0.3 is 11.9 Å². The van der Waals surface area contributed by atoms with Crippen LogP contribution < -0.4 is 16.4 Å². The highest BCUT2D eigenvalue weighted by Crippen LogP contribution is 2.09. The number of carbonyl (C=O) groups is 4. The Labute approximate surface area is 221 Å². The van der Waals surface area contributed by atoms with Crippen molar-refractivity contribution in [2.45, 2.75) is 38.1 Å². The summed E-state index contributed by atoms with van der Waals surface area (Å²) in [4.78, 5) is 50.7. The van der Waals surface area contributed by atoms with Gasteiger partial charge in [-0.1, -0.05) is 91.0 Å². The molecule has 9 nitrogen and oxygen atoms in total. The van der Waals surface area contributed by atoms with Crippen LogP contribution in [0.5, 0.6) is 0 Å². The lowest BCUT2D eigenvalue weighted by Gasteiger charge is -2.22. The number of nitrogens with two attached hydrogens (primary N) is 1. The van der Waals surface area contributed by atoms with Crippen LogP contribution in [0.1, 0.15) is 23.1 Å². The van der Waals surface area contributed by atoms with Crippen molar-refractivity contribution < 1.29 is 28.7 Å². The Hall–Kier alpha value is -4.50. The number of rotatable bonds is 13. The summed E-state index contributed by atoms with van der Waals surface area (Å²) in [6.07, 6.45) is -0.294. The molecule has 0 heterocycles. The molecule has 38 heavy (non-hydrogen) atoms. The van der Waals surface area contributed by atoms with E-state index in [1.54, 1.807) is 12.1 Å². The topological polar surface area (TPSA) is 137 Å². The fraction of sp³-hybridized carbons (Fsp3) is 0.241. The number of esters is 2. The van der Waals surface area contributed by atoms with Gasteiger partial charge in [0.25, 0.3) is 0 Å². The Bertz CT molecular complexity index is 1190. The molecule has 3 aromatic rings. The Balaban J connectivity index is 1.69. The van der Waals surface area contributed by atoms with Crippen molar-refractivity contribution in [1.82, 2.24) is 10.6 Å². The van der Waals surface area contributed by atoms with E-state index in [-0.39, 0.29) is 26.2 Å². The molecule has 0 radical (unpaired) electrons. The molecule has 0 aromatic heterocycles. The number of hydrogen-bond acceptors (Lipinski definition) is 7. The van der Waals surface area contributed by atoms with Gasteiger partial charge in [0.05, 0.1) is 13.0 Å². The van der Waals surface area contributed by atoms with Gasteiger partial charge in [-0.15, -0.1) is 0 Å². The molecule has 0 aliphatic carbocycles. The van der Waals surface area contributed by atoms with Gasteiger partial charge in [-0.2, -0.15) is 0 Å². The maximum absolute atomic E-state index is 13.2. The first-order valence-corrected chi connectivity index (χ1v) is 12.2. The highest BCUT2D eigenvalue weighted by atomic mass is 16.5. The zero-order valence-corrected chi connectivity index (χ0v) is 20.9. The molecule has 9 heteroatoms. The molecular weight excluding hydrogens is 486 g/mol. The average molecular weight is 518 g/mol. The van der Waals surface area contributed by atoms with E-state index < -0.39 is 42.3 Å². The molecule has 3 aromatic carbocycles. The third kappa shape index (κ3) is 9.51. The van der Waals surface area contributed by atoms with Crippen LogP contribution >= 0.6 is 0 Å². The molecule has 0 saturated heterocycles. The quantitative estimate of drug-likeness (QED) is 0.295. The first-order chi connectivity index (χ1) is 18.4. The molecule has 0 aliphatic rings. The molecule has 2 atom stereocenters. The second kappa shape index (κ2) is 14.9. The molecule has 2 amide bonds. The normalized spacial score (nSPS) is 12.0. The largest absolute Gasteiger partial charge is 0.461 e. The Morgan fingerprint density at radius 2 is 1.16 bits per heavy atom. The van der Waals surface area contributed by atoms with Crippen molar-refractivity contribution in [2.24, 2.45) is 5.73 Å². The zero-order valence-electron chi connectivity index (χ0n) is 20.9. The van der Waals surface area contributed by atoms with E-state index in [1.807, 2.05) is 78.9 Å². The van der Waals surface area contributed by atoms with Crippen molar-refractivity contribution in [2.75, 3.05) is 6.54 Å². The zero-order chi connectivity index (χ0) is 27.2. The number of nitrogens with one attached hydrogen (secondary N) is 2. The minimum atomic E-state index is -1.30. The van der Waals surface area contributed by atoms with E-state index in [2.05, 4.69) is 10.6 Å². The van der Waals surface area contributed by atoms with Gasteiger partial charge in [-0.25, -0.2) is 4.79 Å². The van der Waals surface area contributed by atoms with Crippen molar-refractivity contribution in [3.63, 3.8) is 0 Å². The highest BCUT2D eigenvalue weighted by Gasteiger charge is 2.30. The summed E-state index contributed by atoms with van der Waals surface area (Å²) in [6, 6.07) is 24.9. The van der Waals surface area contributed by atoms with Gasteiger partial charge in [0.15, 0.2) is 0 Å². The fourth-order valence-electron chi connectivity index (χ4n) is 3.57. The molecule has 4 N–H and O–H groups in total. The van der Waals surface area contributed by atoms with Crippen LogP contribution in [0.3, 0.4) is 0 Å². The standard InChI is InChI=1S/C29H31N3O6/c30-18-26(33)31-24(17-27(34)37-19-22-12-6-2-7-13-22)28(35)32-25(16-21-10-4-1-5-11-21)29(36)38-20-23-14-8-3-9-15-23/h1-15,24-25H,16-20,30H2,(H,31,33)(H,32,35)/t24-,25-/m0/s1. The number of benzene rings is 3. The Kier molecular flexibility index (Phi) is 11.0. The lowest BCUT2D eigenvalue weighted by molar-refractivity contribution is -0.150. The summed E-state index contributed by atoms with van der Waals surface area (Å²) < 4.78 is 10.7. The summed E-state index contributed by atoms with van der Waals surface area (Å²) in [5, 5.41) is 5.07. The summed E-state index contributed by atoms with van der Waals surface area (Å²) in [7, 11) is 0. The van der Waals surface area contributed by atoms with E-state index >= 15 is 0 Å². The molecule has 0 bridgehead atoms. The Morgan fingerprint density at radius 1 is 0.658 bits per heavy atom. The first kappa shape index (κ1) is 28.1. The first-order valence-electron chi connectivity index (χ1n) is 12.2. The van der Waals surface area contributed by atoms with Crippen LogP contribution in [0.15, 0.2) is 91.0 Å². The van der Waals surface area contributed by atoms with Crippen LogP contribution in [0.2, 0.25) is 0 Å². The van der Waals surface area contributed by atoms with Gasteiger partial charge < -0.3 is 25.8 Å². The van der Waals surface area contributed by atoms with Crippen LogP contribution in [0, 0.1) is 0 Å². The number of carbonyl (C=O) groups excluding carboxylic acids is 4. The third-order valence-corrected chi connectivity index (χ3v) is 5.56. The minimum Gasteiger partial charge on any atom is -0.461 e. The van der Waals surface area contributed by atoms with E-state index in [4.69, 9.17) is 15.2 Å². The highest BCUT2D eigenvalue weighted by molar-refractivity contribution is 5.93. The maximum atomic E-state index is 13.2. The predicted molar refractivity (Wildman–Crippen MR) is 140 cm³/mol. The van der Waals surface area contributed by atoms with Crippen LogP contribution in [0.4, 0.5) is 0 Å². The smallest absolute Gasteiger partial charge is 0.329 e. The monoisotopic (exact) mass is 517 g/mol. The predicted octanol–water partition coefficient (Wildman–Crippen LogP) is 2.03. The molecule has 0 unspecified atom stereocenters. The van der Waals surface area contributed by atoms with E-state index in [0.717, 1.165) is 16.7 Å². The van der Waals surface area contributed by atoms with Crippen LogP contribution in [0.25, 0.3) is 0 Å². The third-order valence-electron chi connectivity index (χ3n) is 5.56. The maximum Gasteiger partial charge on any atom is 0.329 e. The van der Waals surface area contributed by atoms with E-state index in [0.29, 0.717) is 0 Å². The van der Waals surface area contributed by atoms with Crippen LogP contribution in [-0.2, 0) is 48.3 Å². The van der Waals surface area contributed by atoms with E-state index in [9.17, 15) is 19.2 Å². The summed E-state index contributed by atoms with van der Waals surface area (Å²) in [5.74, 6) is -2.72. The summed E-state index contributed by atoms with van der Waals surface area (Å²) in [5.41, 5.74) is 7.76. The fourth-order valence-corrected chi connectivity index (χ4v) is 3.57. The van der Waals surface area contributed by atoms with Crippen molar-refractivity contribution in [3.05, 3.63) is 108 Å². The number of hydrogen-bond donors (Lipinski definition) is 3.